The molecule has 3 rings (SSSR count). The van der Waals surface area contributed by atoms with Gasteiger partial charge in [0, 0.05) is 16.7 Å². The first-order chi connectivity index (χ1) is 10.6. The number of nitrogens with zero attached hydrogens (tertiary/aromatic N) is 1. The van der Waals surface area contributed by atoms with E-state index in [1.54, 1.807) is 24.3 Å². The third-order valence-electron chi connectivity index (χ3n) is 4.50. The van der Waals surface area contributed by atoms with Crippen molar-refractivity contribution in [2.24, 2.45) is 5.92 Å². The number of aromatic hydroxyl groups is 2. The Labute approximate surface area is 128 Å². The van der Waals surface area contributed by atoms with E-state index in [-0.39, 0.29) is 28.6 Å². The van der Waals surface area contributed by atoms with Gasteiger partial charge in [-0.25, -0.2) is 0 Å². The molecule has 1 aliphatic carbocycles. The van der Waals surface area contributed by atoms with Crippen LogP contribution in [0.4, 0.5) is 0 Å². The summed E-state index contributed by atoms with van der Waals surface area (Å²) >= 11 is 0. The molecule has 0 radical (unpaired) electrons. The number of rotatable bonds is 2. The Morgan fingerprint density at radius 1 is 1.05 bits per heavy atom. The number of carbonyl (C=O) groups is 1. The minimum Gasteiger partial charge on any atom is -0.504 e. The Morgan fingerprint density at radius 3 is 2.32 bits per heavy atom. The Bertz CT molecular complexity index is 783. The van der Waals surface area contributed by atoms with E-state index in [2.05, 4.69) is 0 Å². The Morgan fingerprint density at radius 2 is 1.68 bits per heavy atom. The zero-order chi connectivity index (χ0) is 15.7. The van der Waals surface area contributed by atoms with Gasteiger partial charge in [-0.2, -0.15) is 5.26 Å². The van der Waals surface area contributed by atoms with Crippen molar-refractivity contribution in [2.75, 3.05) is 0 Å². The lowest BCUT2D eigenvalue weighted by Crippen LogP contribution is -2.19. The smallest absolute Gasteiger partial charge is 0.171 e. The van der Waals surface area contributed by atoms with E-state index < -0.39 is 5.75 Å². The van der Waals surface area contributed by atoms with E-state index >= 15 is 0 Å². The fourth-order valence-electron chi connectivity index (χ4n) is 3.33. The van der Waals surface area contributed by atoms with Crippen LogP contribution < -0.4 is 0 Å². The van der Waals surface area contributed by atoms with Crippen molar-refractivity contribution in [2.45, 2.75) is 32.1 Å². The summed E-state index contributed by atoms with van der Waals surface area (Å²) in [4.78, 5) is 12.8. The van der Waals surface area contributed by atoms with Crippen molar-refractivity contribution in [3.8, 4) is 17.6 Å². The molecule has 0 amide bonds. The molecule has 1 aliphatic rings. The van der Waals surface area contributed by atoms with E-state index in [0.717, 1.165) is 32.1 Å². The summed E-state index contributed by atoms with van der Waals surface area (Å²) in [6.45, 7) is 0. The molecule has 0 unspecified atom stereocenters. The van der Waals surface area contributed by atoms with E-state index in [9.17, 15) is 20.3 Å². The van der Waals surface area contributed by atoms with Gasteiger partial charge in [-0.1, -0.05) is 43.5 Å². The SMILES string of the molecule is N#Cc1c(C(=O)C2CCCCC2)c(O)c(O)c2ccccc12. The van der Waals surface area contributed by atoms with Gasteiger partial charge in [0.25, 0.3) is 0 Å². The molecular formula is C18H17NO3. The van der Waals surface area contributed by atoms with Crippen LogP contribution in [0.5, 0.6) is 11.5 Å². The lowest BCUT2D eigenvalue weighted by molar-refractivity contribution is 0.0886. The third kappa shape index (κ3) is 2.19. The molecule has 2 aromatic carbocycles. The molecule has 4 heteroatoms. The maximum atomic E-state index is 12.8. The second-order valence-electron chi connectivity index (χ2n) is 5.80. The molecule has 0 aliphatic heterocycles. The van der Waals surface area contributed by atoms with Crippen LogP contribution in [0.15, 0.2) is 24.3 Å². The number of hydrogen-bond acceptors (Lipinski definition) is 4. The Balaban J connectivity index is 2.22. The highest BCUT2D eigenvalue weighted by atomic mass is 16.3. The van der Waals surface area contributed by atoms with Crippen LogP contribution >= 0.6 is 0 Å². The first-order valence-corrected chi connectivity index (χ1v) is 7.56. The monoisotopic (exact) mass is 295 g/mol. The molecule has 4 nitrogen and oxygen atoms in total. The van der Waals surface area contributed by atoms with Crippen LogP contribution in [0.1, 0.15) is 48.0 Å². The summed E-state index contributed by atoms with van der Waals surface area (Å²) in [6, 6.07) is 8.80. The van der Waals surface area contributed by atoms with Crippen LogP contribution in [-0.2, 0) is 0 Å². The Kier molecular flexibility index (Phi) is 3.72. The number of nitriles is 1. The topological polar surface area (TPSA) is 81.3 Å². The predicted octanol–water partition coefficient (Wildman–Crippen LogP) is 3.89. The van der Waals surface area contributed by atoms with Gasteiger partial charge in [0.1, 0.15) is 6.07 Å². The number of benzene rings is 2. The van der Waals surface area contributed by atoms with Gasteiger partial charge in [0.05, 0.1) is 11.1 Å². The molecule has 0 bridgehead atoms. The van der Waals surface area contributed by atoms with Gasteiger partial charge >= 0.3 is 0 Å². The van der Waals surface area contributed by atoms with Gasteiger partial charge in [0.2, 0.25) is 0 Å². The van der Waals surface area contributed by atoms with Gasteiger partial charge in [-0.15, -0.1) is 0 Å². The van der Waals surface area contributed by atoms with E-state index in [1.165, 1.54) is 0 Å². The molecule has 112 valence electrons. The van der Waals surface area contributed by atoms with Crippen molar-refractivity contribution in [1.82, 2.24) is 0 Å². The average molecular weight is 295 g/mol. The van der Waals surface area contributed by atoms with E-state index in [0.29, 0.717) is 10.8 Å². The molecule has 0 heterocycles. The lowest BCUT2D eigenvalue weighted by Gasteiger charge is -2.22. The maximum Gasteiger partial charge on any atom is 0.171 e. The minimum absolute atomic E-state index is 0.0226. The summed E-state index contributed by atoms with van der Waals surface area (Å²) in [5, 5.41) is 30.9. The fourth-order valence-corrected chi connectivity index (χ4v) is 3.33. The number of Topliss-reactive ketones (excluding diaryl/α,β-unsaturated/α-hetero) is 1. The number of ketones is 1. The van der Waals surface area contributed by atoms with Gasteiger partial charge < -0.3 is 10.2 Å². The molecular weight excluding hydrogens is 278 g/mol. The summed E-state index contributed by atoms with van der Waals surface area (Å²) in [7, 11) is 0. The average Bonchev–Trinajstić information content (AvgIpc) is 2.58. The second-order valence-corrected chi connectivity index (χ2v) is 5.80. The van der Waals surface area contributed by atoms with Crippen LogP contribution in [-0.4, -0.2) is 16.0 Å². The number of carbonyl (C=O) groups excluding carboxylic acids is 1. The molecule has 0 aromatic heterocycles. The van der Waals surface area contributed by atoms with Crippen molar-refractivity contribution in [1.29, 1.82) is 5.26 Å². The number of fused-ring (bicyclic) bond motifs is 1. The van der Waals surface area contributed by atoms with Gasteiger partial charge in [-0.3, -0.25) is 4.79 Å². The van der Waals surface area contributed by atoms with Gasteiger partial charge in [0.15, 0.2) is 17.3 Å². The molecule has 0 atom stereocenters. The molecule has 0 saturated heterocycles. The molecule has 2 N–H and O–H groups in total. The quantitative estimate of drug-likeness (QED) is 0.650. The summed E-state index contributed by atoms with van der Waals surface area (Å²) in [6.07, 6.45) is 4.63. The summed E-state index contributed by atoms with van der Waals surface area (Å²) in [5.41, 5.74) is 0.132. The number of phenolic OH excluding ortho intramolecular Hbond substituents is 2. The zero-order valence-electron chi connectivity index (χ0n) is 12.2. The van der Waals surface area contributed by atoms with Crippen LogP contribution in [0, 0.1) is 17.2 Å². The van der Waals surface area contributed by atoms with Crippen molar-refractivity contribution >= 4 is 16.6 Å². The molecule has 2 aromatic rings. The van der Waals surface area contributed by atoms with Crippen molar-refractivity contribution in [3.63, 3.8) is 0 Å². The largest absolute Gasteiger partial charge is 0.504 e. The van der Waals surface area contributed by atoms with E-state index in [1.807, 2.05) is 6.07 Å². The van der Waals surface area contributed by atoms with Crippen molar-refractivity contribution in [3.05, 3.63) is 35.4 Å². The fraction of sp³-hybridized carbons (Fsp3) is 0.333. The summed E-state index contributed by atoms with van der Waals surface area (Å²) in [5.74, 6) is -1.19. The van der Waals surface area contributed by atoms with Crippen LogP contribution in [0.3, 0.4) is 0 Å². The summed E-state index contributed by atoms with van der Waals surface area (Å²) < 4.78 is 0. The predicted molar refractivity (Wildman–Crippen MR) is 82.9 cm³/mol. The highest BCUT2D eigenvalue weighted by molar-refractivity contribution is 6.10. The van der Waals surface area contributed by atoms with Crippen LogP contribution in [0.2, 0.25) is 0 Å². The highest BCUT2D eigenvalue weighted by Crippen LogP contribution is 2.42. The molecule has 22 heavy (non-hydrogen) atoms. The lowest BCUT2D eigenvalue weighted by atomic mass is 9.81. The first-order valence-electron chi connectivity index (χ1n) is 7.56. The third-order valence-corrected chi connectivity index (χ3v) is 4.50. The molecule has 1 fully saturated rings. The number of hydrogen-bond donors (Lipinski definition) is 2. The number of phenols is 2. The first kappa shape index (κ1) is 14.4. The van der Waals surface area contributed by atoms with E-state index in [4.69, 9.17) is 0 Å². The second kappa shape index (κ2) is 5.69. The van der Waals surface area contributed by atoms with Gasteiger partial charge in [-0.05, 0) is 12.8 Å². The molecule has 0 spiro atoms. The standard InChI is InChI=1S/C18H17NO3/c19-10-14-12-8-4-5-9-13(12)17(21)18(22)15(14)16(20)11-6-2-1-3-7-11/h4-5,8-9,11,21-22H,1-3,6-7H2. The molecule has 1 saturated carbocycles. The Hall–Kier alpha value is -2.54. The maximum absolute atomic E-state index is 12.8. The highest BCUT2D eigenvalue weighted by Gasteiger charge is 2.29. The van der Waals surface area contributed by atoms with Crippen LogP contribution in [0.25, 0.3) is 10.8 Å². The normalized spacial score (nSPS) is 15.6. The minimum atomic E-state index is -0.467. The van der Waals surface area contributed by atoms with Crippen molar-refractivity contribution < 1.29 is 15.0 Å². The zero-order valence-corrected chi connectivity index (χ0v) is 12.2.